The first-order valence-corrected chi connectivity index (χ1v) is 5.77. The van der Waals surface area contributed by atoms with Crippen molar-refractivity contribution in [3.05, 3.63) is 53.7 Å². The third-order valence-corrected chi connectivity index (χ3v) is 2.60. The van der Waals surface area contributed by atoms with E-state index in [1.165, 1.54) is 0 Å². The van der Waals surface area contributed by atoms with Crippen molar-refractivity contribution in [3.8, 4) is 5.75 Å². The number of hydrogen-bond donors (Lipinski definition) is 2. The minimum atomic E-state index is 0.0197. The molecule has 4 nitrogen and oxygen atoms in total. The summed E-state index contributed by atoms with van der Waals surface area (Å²) < 4.78 is 5.69. The fraction of sp³-hybridized carbons (Fsp3) is 0.214. The van der Waals surface area contributed by atoms with Gasteiger partial charge in [-0.25, -0.2) is 4.98 Å². The predicted molar refractivity (Wildman–Crippen MR) is 70.5 cm³/mol. The van der Waals surface area contributed by atoms with Gasteiger partial charge in [0, 0.05) is 18.8 Å². The molecule has 0 saturated heterocycles. The van der Waals surface area contributed by atoms with Crippen LogP contribution in [0, 0.1) is 0 Å². The van der Waals surface area contributed by atoms with Crippen LogP contribution < -0.4 is 10.1 Å². The van der Waals surface area contributed by atoms with Crippen molar-refractivity contribution in [3.63, 3.8) is 0 Å². The third kappa shape index (κ3) is 2.99. The van der Waals surface area contributed by atoms with Crippen LogP contribution in [0.1, 0.15) is 11.1 Å². The first-order valence-electron chi connectivity index (χ1n) is 5.77. The average molecular weight is 244 g/mol. The molecule has 0 aliphatic rings. The molecule has 1 aromatic carbocycles. The van der Waals surface area contributed by atoms with E-state index in [1.54, 1.807) is 6.20 Å². The summed E-state index contributed by atoms with van der Waals surface area (Å²) in [6.45, 7) is 0.463. The van der Waals surface area contributed by atoms with E-state index >= 15 is 0 Å². The van der Waals surface area contributed by atoms with E-state index in [-0.39, 0.29) is 6.61 Å². The van der Waals surface area contributed by atoms with Gasteiger partial charge in [0.25, 0.3) is 0 Å². The molecule has 0 atom stereocenters. The topological polar surface area (TPSA) is 54.4 Å². The molecule has 0 aliphatic carbocycles. The molecule has 0 unspecified atom stereocenters. The number of benzene rings is 1. The van der Waals surface area contributed by atoms with Gasteiger partial charge in [-0.15, -0.1) is 0 Å². The van der Waals surface area contributed by atoms with Crippen molar-refractivity contribution < 1.29 is 9.84 Å². The molecule has 0 bridgehead atoms. The van der Waals surface area contributed by atoms with Gasteiger partial charge >= 0.3 is 0 Å². The zero-order valence-corrected chi connectivity index (χ0v) is 10.3. The molecular formula is C14H16N2O2. The van der Waals surface area contributed by atoms with Crippen LogP contribution in [0.25, 0.3) is 0 Å². The highest BCUT2D eigenvalue weighted by Gasteiger charge is 2.02. The predicted octanol–water partition coefficient (Wildman–Crippen LogP) is 2.19. The second kappa shape index (κ2) is 6.02. The Bertz CT molecular complexity index is 515. The number of pyridine rings is 1. The highest BCUT2D eigenvalue weighted by molar-refractivity contribution is 5.42. The van der Waals surface area contributed by atoms with Crippen LogP contribution in [0.15, 0.2) is 42.6 Å². The van der Waals surface area contributed by atoms with Crippen molar-refractivity contribution in [2.24, 2.45) is 0 Å². The Labute approximate surface area is 106 Å². The molecule has 0 fully saturated rings. The molecule has 94 valence electrons. The minimum absolute atomic E-state index is 0.0197. The number of ether oxygens (including phenoxy) is 1. The molecule has 2 aromatic rings. The van der Waals surface area contributed by atoms with Crippen molar-refractivity contribution in [2.75, 3.05) is 12.4 Å². The first-order chi connectivity index (χ1) is 8.83. The molecule has 4 heteroatoms. The maximum absolute atomic E-state index is 9.05. The van der Waals surface area contributed by atoms with Gasteiger partial charge in [0.05, 0.1) is 6.61 Å². The smallest absolute Gasteiger partial charge is 0.132 e. The monoisotopic (exact) mass is 244 g/mol. The molecule has 0 amide bonds. The number of hydrogen-bond acceptors (Lipinski definition) is 4. The second-order valence-corrected chi connectivity index (χ2v) is 3.86. The average Bonchev–Trinajstić information content (AvgIpc) is 2.45. The fourth-order valence-corrected chi connectivity index (χ4v) is 1.67. The number of aromatic nitrogens is 1. The van der Waals surface area contributed by atoms with Crippen molar-refractivity contribution in [1.82, 2.24) is 4.98 Å². The normalized spacial score (nSPS) is 10.1. The summed E-state index contributed by atoms with van der Waals surface area (Å²) in [5.74, 6) is 1.56. The molecule has 18 heavy (non-hydrogen) atoms. The van der Waals surface area contributed by atoms with E-state index < -0.39 is 0 Å². The Morgan fingerprint density at radius 2 is 2.17 bits per heavy atom. The highest BCUT2D eigenvalue weighted by Crippen LogP contribution is 2.17. The summed E-state index contributed by atoms with van der Waals surface area (Å²) in [4.78, 5) is 4.21. The van der Waals surface area contributed by atoms with Gasteiger partial charge in [0.15, 0.2) is 0 Å². The largest absolute Gasteiger partial charge is 0.489 e. The molecule has 0 spiro atoms. The molecule has 1 aromatic heterocycles. The maximum atomic E-state index is 9.05. The number of aliphatic hydroxyl groups excluding tert-OH is 1. The molecule has 2 N–H and O–H groups in total. The SMILES string of the molecule is CNc1ncccc1COc1cccc(CO)c1. The second-order valence-electron chi connectivity index (χ2n) is 3.86. The van der Waals surface area contributed by atoms with Gasteiger partial charge in [-0.3, -0.25) is 0 Å². The Balaban J connectivity index is 2.06. The quantitative estimate of drug-likeness (QED) is 0.846. The number of rotatable bonds is 5. The van der Waals surface area contributed by atoms with Crippen LogP contribution in [-0.4, -0.2) is 17.1 Å². The van der Waals surface area contributed by atoms with Crippen molar-refractivity contribution in [2.45, 2.75) is 13.2 Å². The van der Waals surface area contributed by atoms with E-state index in [2.05, 4.69) is 10.3 Å². The van der Waals surface area contributed by atoms with Crippen LogP contribution in [0.2, 0.25) is 0 Å². The minimum Gasteiger partial charge on any atom is -0.489 e. The van der Waals surface area contributed by atoms with Crippen LogP contribution >= 0.6 is 0 Å². The molecule has 0 radical (unpaired) electrons. The highest BCUT2D eigenvalue weighted by atomic mass is 16.5. The summed E-state index contributed by atoms with van der Waals surface area (Å²) in [5, 5.41) is 12.1. The summed E-state index contributed by atoms with van der Waals surface area (Å²) in [6.07, 6.45) is 1.74. The van der Waals surface area contributed by atoms with Crippen molar-refractivity contribution in [1.29, 1.82) is 0 Å². The van der Waals surface area contributed by atoms with Gasteiger partial charge in [-0.05, 0) is 23.8 Å². The van der Waals surface area contributed by atoms with Crippen molar-refractivity contribution >= 4 is 5.82 Å². The summed E-state index contributed by atoms with van der Waals surface area (Å²) >= 11 is 0. The van der Waals surface area contributed by atoms with Gasteiger partial charge in [0.1, 0.15) is 18.2 Å². The lowest BCUT2D eigenvalue weighted by Gasteiger charge is -2.10. The van der Waals surface area contributed by atoms with Gasteiger partial charge in [-0.2, -0.15) is 0 Å². The van der Waals surface area contributed by atoms with Crippen LogP contribution in [0.4, 0.5) is 5.82 Å². The molecule has 2 rings (SSSR count). The Morgan fingerprint density at radius 1 is 1.28 bits per heavy atom. The Kier molecular flexibility index (Phi) is 4.15. The molecule has 0 saturated carbocycles. The number of nitrogens with one attached hydrogen (secondary N) is 1. The van der Waals surface area contributed by atoms with E-state index in [1.807, 2.05) is 43.4 Å². The number of anilines is 1. The van der Waals surface area contributed by atoms with Crippen LogP contribution in [0.3, 0.4) is 0 Å². The number of aliphatic hydroxyl groups is 1. The Hall–Kier alpha value is -2.07. The standard InChI is InChI=1S/C14H16N2O2/c1-15-14-12(5-3-7-16-14)10-18-13-6-2-4-11(8-13)9-17/h2-8,17H,9-10H2,1H3,(H,15,16). The zero-order valence-electron chi connectivity index (χ0n) is 10.3. The maximum Gasteiger partial charge on any atom is 0.132 e. The molecule has 1 heterocycles. The van der Waals surface area contributed by atoms with Crippen LogP contribution in [-0.2, 0) is 13.2 Å². The van der Waals surface area contributed by atoms with E-state index in [4.69, 9.17) is 9.84 Å². The van der Waals surface area contributed by atoms with E-state index in [9.17, 15) is 0 Å². The van der Waals surface area contributed by atoms with E-state index in [0.29, 0.717) is 6.61 Å². The lowest BCUT2D eigenvalue weighted by atomic mass is 10.2. The molecular weight excluding hydrogens is 228 g/mol. The molecule has 0 aliphatic heterocycles. The van der Waals surface area contributed by atoms with E-state index in [0.717, 1.165) is 22.7 Å². The van der Waals surface area contributed by atoms with Gasteiger partial charge in [-0.1, -0.05) is 18.2 Å². The summed E-state index contributed by atoms with van der Waals surface area (Å²) in [6, 6.07) is 11.3. The van der Waals surface area contributed by atoms with Gasteiger partial charge < -0.3 is 15.2 Å². The number of nitrogens with zero attached hydrogens (tertiary/aromatic N) is 1. The zero-order chi connectivity index (χ0) is 12.8. The Morgan fingerprint density at radius 3 is 2.94 bits per heavy atom. The van der Waals surface area contributed by atoms with Gasteiger partial charge in [0.2, 0.25) is 0 Å². The first kappa shape index (κ1) is 12.4. The summed E-state index contributed by atoms with van der Waals surface area (Å²) in [5.41, 5.74) is 1.84. The lowest BCUT2D eigenvalue weighted by Crippen LogP contribution is -2.02. The van der Waals surface area contributed by atoms with Crippen LogP contribution in [0.5, 0.6) is 5.75 Å². The lowest BCUT2D eigenvalue weighted by molar-refractivity contribution is 0.278. The fourth-order valence-electron chi connectivity index (χ4n) is 1.67. The summed E-state index contributed by atoms with van der Waals surface area (Å²) in [7, 11) is 1.83. The third-order valence-electron chi connectivity index (χ3n) is 2.60.